The molecule has 0 amide bonds. The van der Waals surface area contributed by atoms with Gasteiger partial charge in [-0.15, -0.1) is 0 Å². The van der Waals surface area contributed by atoms with Gasteiger partial charge in [0.2, 0.25) is 0 Å². The number of aryl methyl sites for hydroxylation is 2. The molecule has 0 fully saturated rings. The molecule has 1 heterocycles. The van der Waals surface area contributed by atoms with Crippen LogP contribution in [0.4, 0.5) is 0 Å². The number of aliphatic carboxylic acids is 1. The number of rotatable bonds is 17. The Morgan fingerprint density at radius 3 is 2.14 bits per heavy atom. The third kappa shape index (κ3) is 10.4. The van der Waals surface area contributed by atoms with Crippen LogP contribution in [0.15, 0.2) is 91.0 Å². The molecule has 0 bridgehead atoms. The van der Waals surface area contributed by atoms with Gasteiger partial charge in [0, 0.05) is 24.4 Å². The van der Waals surface area contributed by atoms with E-state index < -0.39 is 12.1 Å². The van der Waals surface area contributed by atoms with Crippen LogP contribution in [0.3, 0.4) is 0 Å². The Bertz CT molecular complexity index is 1330. The summed E-state index contributed by atoms with van der Waals surface area (Å²) < 4.78 is 14.0. The van der Waals surface area contributed by atoms with Crippen molar-refractivity contribution >= 4 is 5.97 Å². The molecule has 6 heteroatoms. The molecule has 0 saturated carbocycles. The van der Waals surface area contributed by atoms with Gasteiger partial charge in [-0.3, -0.25) is 0 Å². The Labute approximate surface area is 273 Å². The Balaban J connectivity index is 0.00000484. The second-order valence-corrected chi connectivity index (χ2v) is 10.7. The van der Waals surface area contributed by atoms with Crippen molar-refractivity contribution in [1.82, 2.24) is 4.57 Å². The number of hydrogen-bond acceptors (Lipinski definition) is 4. The van der Waals surface area contributed by atoms with Crippen molar-refractivity contribution in [2.24, 2.45) is 0 Å². The fraction of sp³-hybridized carbons (Fsp3) is 0.361. The van der Waals surface area contributed by atoms with E-state index in [1.807, 2.05) is 54.6 Å². The molecule has 1 aromatic heterocycles. The maximum absolute atomic E-state index is 11.7. The number of aromatic nitrogens is 1. The van der Waals surface area contributed by atoms with E-state index in [1.165, 1.54) is 43.4 Å². The van der Waals surface area contributed by atoms with Crippen LogP contribution >= 0.6 is 0 Å². The van der Waals surface area contributed by atoms with Crippen molar-refractivity contribution in [2.75, 3.05) is 6.61 Å². The SMILES string of the molecule is CCCCCCCCOc1ccc(CCn2c(C)ccc2-c2ccc(O[C@H](Cc3ccccc3)C(=O)[O-])cc2)cc1.[Na+]. The van der Waals surface area contributed by atoms with Gasteiger partial charge in [0.15, 0.2) is 0 Å². The van der Waals surface area contributed by atoms with Gasteiger partial charge in [-0.25, -0.2) is 0 Å². The molecule has 42 heavy (non-hydrogen) atoms. The van der Waals surface area contributed by atoms with E-state index >= 15 is 0 Å². The standard InChI is InChI=1S/C36H43NO4.Na/c1-3-4-5-6-7-11-26-40-32-19-15-29(16-20-32)24-25-37-28(2)14-23-34(37)31-17-21-33(22-18-31)41-35(36(38)39)27-30-12-9-8-10-13-30;/h8-10,12-23,35H,3-7,11,24-27H2,1-2H3,(H,38,39);/q;+1/p-1/t35-;/m1./s1. The van der Waals surface area contributed by atoms with Gasteiger partial charge in [-0.05, 0) is 85.0 Å². The topological polar surface area (TPSA) is 63.5 Å². The van der Waals surface area contributed by atoms with Gasteiger partial charge in [-0.1, -0.05) is 81.5 Å². The number of carboxylic acid groups (broad SMARTS) is 1. The van der Waals surface area contributed by atoms with E-state index in [9.17, 15) is 9.90 Å². The van der Waals surface area contributed by atoms with Crippen LogP contribution in [0.5, 0.6) is 11.5 Å². The Morgan fingerprint density at radius 1 is 0.786 bits per heavy atom. The second kappa shape index (κ2) is 17.8. The normalized spacial score (nSPS) is 11.5. The van der Waals surface area contributed by atoms with E-state index in [4.69, 9.17) is 9.47 Å². The number of carbonyl (C=O) groups is 1. The first kappa shape index (κ1) is 33.5. The fourth-order valence-electron chi connectivity index (χ4n) is 5.05. The van der Waals surface area contributed by atoms with Crippen LogP contribution in [-0.4, -0.2) is 23.2 Å². The third-order valence-corrected chi connectivity index (χ3v) is 7.47. The maximum Gasteiger partial charge on any atom is 1.00 e. The van der Waals surface area contributed by atoms with Crippen LogP contribution in [0.25, 0.3) is 11.3 Å². The molecule has 0 saturated heterocycles. The zero-order chi connectivity index (χ0) is 28.9. The van der Waals surface area contributed by atoms with Gasteiger partial charge < -0.3 is 23.9 Å². The molecule has 3 aromatic carbocycles. The summed E-state index contributed by atoms with van der Waals surface area (Å²) in [5.41, 5.74) is 5.53. The van der Waals surface area contributed by atoms with Crippen molar-refractivity contribution in [3.05, 3.63) is 108 Å². The minimum atomic E-state index is -1.22. The van der Waals surface area contributed by atoms with Gasteiger partial charge in [0.25, 0.3) is 0 Å². The summed E-state index contributed by atoms with van der Waals surface area (Å²) in [4.78, 5) is 11.7. The summed E-state index contributed by atoms with van der Waals surface area (Å²) in [6.45, 7) is 6.00. The molecule has 0 unspecified atom stereocenters. The number of hydrogen-bond donors (Lipinski definition) is 0. The van der Waals surface area contributed by atoms with Crippen LogP contribution in [0.2, 0.25) is 0 Å². The summed E-state index contributed by atoms with van der Waals surface area (Å²) in [6, 6.07) is 29.8. The van der Waals surface area contributed by atoms with E-state index in [2.05, 4.69) is 54.8 Å². The minimum absolute atomic E-state index is 0. The van der Waals surface area contributed by atoms with E-state index in [1.54, 1.807) is 0 Å². The smallest absolute Gasteiger partial charge is 0.546 e. The Hall–Kier alpha value is -2.99. The number of carbonyl (C=O) groups excluding carboxylic acids is 1. The number of benzene rings is 3. The van der Waals surface area contributed by atoms with Gasteiger partial charge in [0.1, 0.15) is 17.6 Å². The number of nitrogens with zero attached hydrogens (tertiary/aromatic N) is 1. The predicted molar refractivity (Wildman–Crippen MR) is 163 cm³/mol. The summed E-state index contributed by atoms with van der Waals surface area (Å²) in [5, 5.41) is 11.7. The minimum Gasteiger partial charge on any atom is -0.546 e. The second-order valence-electron chi connectivity index (χ2n) is 10.7. The molecular weight excluding hydrogens is 533 g/mol. The summed E-state index contributed by atoms with van der Waals surface area (Å²) in [6.07, 6.45) is 7.69. The van der Waals surface area contributed by atoms with Crippen molar-refractivity contribution in [1.29, 1.82) is 0 Å². The number of carboxylic acids is 1. The molecule has 0 aliphatic heterocycles. The fourth-order valence-corrected chi connectivity index (χ4v) is 5.05. The van der Waals surface area contributed by atoms with Crippen molar-refractivity contribution < 1.29 is 48.9 Å². The first-order chi connectivity index (χ1) is 20.0. The quantitative estimate of drug-likeness (QED) is 0.140. The average molecular weight is 576 g/mol. The molecule has 0 spiro atoms. The molecular formula is C36H42NNaO4. The molecule has 216 valence electrons. The Morgan fingerprint density at radius 2 is 1.45 bits per heavy atom. The van der Waals surface area contributed by atoms with Crippen LogP contribution in [0.1, 0.15) is 62.3 Å². The van der Waals surface area contributed by atoms with Gasteiger partial charge in [0.05, 0.1) is 12.6 Å². The van der Waals surface area contributed by atoms with E-state index in [0.717, 1.165) is 48.6 Å². The molecule has 0 aliphatic rings. The third-order valence-electron chi connectivity index (χ3n) is 7.47. The predicted octanol–water partition coefficient (Wildman–Crippen LogP) is 4.19. The molecule has 5 nitrogen and oxygen atoms in total. The van der Waals surface area contributed by atoms with Gasteiger partial charge in [-0.2, -0.15) is 0 Å². The molecule has 0 radical (unpaired) electrons. The average Bonchev–Trinajstić information content (AvgIpc) is 3.36. The Kier molecular flexibility index (Phi) is 14.2. The van der Waals surface area contributed by atoms with Crippen LogP contribution in [-0.2, 0) is 24.2 Å². The van der Waals surface area contributed by atoms with Crippen molar-refractivity contribution in [3.63, 3.8) is 0 Å². The van der Waals surface area contributed by atoms with Gasteiger partial charge >= 0.3 is 29.6 Å². The monoisotopic (exact) mass is 575 g/mol. The molecule has 1 atom stereocenters. The summed E-state index contributed by atoms with van der Waals surface area (Å²) in [5.74, 6) is 0.222. The molecule has 4 aromatic rings. The van der Waals surface area contributed by atoms with Crippen molar-refractivity contribution in [3.8, 4) is 22.8 Å². The van der Waals surface area contributed by atoms with E-state index in [-0.39, 0.29) is 36.0 Å². The zero-order valence-corrected chi connectivity index (χ0v) is 27.4. The number of ether oxygens (including phenoxy) is 2. The van der Waals surface area contributed by atoms with Crippen molar-refractivity contribution in [2.45, 2.75) is 77.9 Å². The molecule has 0 N–H and O–H groups in total. The largest absolute Gasteiger partial charge is 1.00 e. The molecule has 4 rings (SSSR count). The maximum atomic E-state index is 11.7. The summed E-state index contributed by atoms with van der Waals surface area (Å²) >= 11 is 0. The first-order valence-corrected chi connectivity index (χ1v) is 14.9. The van der Waals surface area contributed by atoms with Crippen LogP contribution in [0, 0.1) is 6.92 Å². The molecule has 0 aliphatic carbocycles. The zero-order valence-electron chi connectivity index (χ0n) is 25.4. The van der Waals surface area contributed by atoms with E-state index in [0.29, 0.717) is 5.75 Å². The number of unbranched alkanes of at least 4 members (excludes halogenated alkanes) is 5. The summed E-state index contributed by atoms with van der Waals surface area (Å²) in [7, 11) is 0. The van der Waals surface area contributed by atoms with Crippen LogP contribution < -0.4 is 44.1 Å². The first-order valence-electron chi connectivity index (χ1n) is 14.9.